The van der Waals surface area contributed by atoms with Gasteiger partial charge in [0.25, 0.3) is 11.5 Å². The number of carbonyl (C=O) groups excluding carboxylic acids is 1. The van der Waals surface area contributed by atoms with Crippen molar-refractivity contribution in [3.05, 3.63) is 46.2 Å². The lowest BCUT2D eigenvalue weighted by Crippen LogP contribution is -2.42. The Morgan fingerprint density at radius 1 is 1.32 bits per heavy atom. The van der Waals surface area contributed by atoms with Crippen LogP contribution in [0.2, 0.25) is 0 Å². The minimum Gasteiger partial charge on any atom is -0.348 e. The molecule has 0 saturated carbocycles. The van der Waals surface area contributed by atoms with Crippen LogP contribution in [0.4, 0.5) is 0 Å². The first-order valence-corrected chi connectivity index (χ1v) is 7.14. The van der Waals surface area contributed by atoms with E-state index in [-0.39, 0.29) is 35.5 Å². The maximum absolute atomic E-state index is 12.3. The van der Waals surface area contributed by atoms with E-state index in [2.05, 4.69) is 24.1 Å². The van der Waals surface area contributed by atoms with Crippen LogP contribution in [0.15, 0.2) is 35.1 Å². The summed E-state index contributed by atoms with van der Waals surface area (Å²) in [5.41, 5.74) is 6.13. The van der Waals surface area contributed by atoms with Gasteiger partial charge in [0, 0.05) is 18.1 Å². The summed E-state index contributed by atoms with van der Waals surface area (Å²) in [7, 11) is 0. The largest absolute Gasteiger partial charge is 0.348 e. The molecule has 1 amide bonds. The number of nitrogens with one attached hydrogen (secondary N) is 2. The van der Waals surface area contributed by atoms with Crippen LogP contribution >= 0.6 is 12.4 Å². The summed E-state index contributed by atoms with van der Waals surface area (Å²) in [6.45, 7) is 4.49. The number of aromatic amines is 1. The smallest absolute Gasteiger partial charge is 0.261 e. The number of nitrogens with two attached hydrogens (primary N) is 1. The highest BCUT2D eigenvalue weighted by atomic mass is 35.5. The zero-order valence-corrected chi connectivity index (χ0v) is 13.6. The number of pyridine rings is 1. The number of halogens is 1. The topological polar surface area (TPSA) is 88.0 Å². The van der Waals surface area contributed by atoms with Crippen molar-refractivity contribution in [2.45, 2.75) is 26.3 Å². The fraction of sp³-hybridized carbons (Fsp3) is 0.375. The van der Waals surface area contributed by atoms with Crippen molar-refractivity contribution >= 4 is 29.2 Å². The zero-order valence-electron chi connectivity index (χ0n) is 12.8. The molecule has 6 heteroatoms. The van der Waals surface area contributed by atoms with E-state index in [1.54, 1.807) is 12.1 Å². The number of H-pyrrole nitrogens is 1. The summed E-state index contributed by atoms with van der Waals surface area (Å²) in [4.78, 5) is 27.0. The average Bonchev–Trinajstić information content (AvgIpc) is 2.45. The Hall–Kier alpha value is -1.85. The van der Waals surface area contributed by atoms with Gasteiger partial charge in [-0.2, -0.15) is 0 Å². The molecular weight excluding hydrogens is 302 g/mol. The number of para-hydroxylation sites is 1. The van der Waals surface area contributed by atoms with Crippen LogP contribution in [0.3, 0.4) is 0 Å². The fourth-order valence-corrected chi connectivity index (χ4v) is 2.36. The molecule has 4 N–H and O–H groups in total. The Kier molecular flexibility index (Phi) is 6.59. The zero-order chi connectivity index (χ0) is 15.4. The van der Waals surface area contributed by atoms with Gasteiger partial charge < -0.3 is 16.0 Å². The molecule has 1 atom stereocenters. The molecule has 2 rings (SSSR count). The Balaban J connectivity index is 0.00000242. The van der Waals surface area contributed by atoms with Crippen LogP contribution in [0, 0.1) is 5.92 Å². The van der Waals surface area contributed by atoms with Crippen molar-refractivity contribution in [2.24, 2.45) is 11.7 Å². The second kappa shape index (κ2) is 7.96. The molecule has 1 aromatic heterocycles. The summed E-state index contributed by atoms with van der Waals surface area (Å²) >= 11 is 0. The quantitative estimate of drug-likeness (QED) is 0.787. The molecule has 1 heterocycles. The van der Waals surface area contributed by atoms with Crippen molar-refractivity contribution in [1.82, 2.24) is 10.3 Å². The molecule has 0 spiro atoms. The second-order valence-corrected chi connectivity index (χ2v) is 5.64. The van der Waals surface area contributed by atoms with Gasteiger partial charge in [-0.25, -0.2) is 0 Å². The van der Waals surface area contributed by atoms with Gasteiger partial charge in [0.05, 0.1) is 0 Å². The highest BCUT2D eigenvalue weighted by Gasteiger charge is 2.16. The predicted octanol–water partition coefficient (Wildman–Crippen LogP) is 2.05. The standard InChI is InChI=1S/C16H21N3O2.ClH/c1-10(2)7-12(9-17)18-15(20)13-8-11-5-3-4-6-14(11)19-16(13)21;/h3-6,8,10,12H,7,9,17H2,1-2H3,(H,18,20)(H,19,21);1H. The number of fused-ring (bicyclic) bond motifs is 1. The number of aromatic nitrogens is 1. The molecule has 5 nitrogen and oxygen atoms in total. The Morgan fingerprint density at radius 2 is 2.00 bits per heavy atom. The minimum atomic E-state index is -0.383. The van der Waals surface area contributed by atoms with Crippen LogP contribution in [0.1, 0.15) is 30.6 Å². The fourth-order valence-electron chi connectivity index (χ4n) is 2.36. The molecule has 2 aromatic rings. The van der Waals surface area contributed by atoms with E-state index in [0.29, 0.717) is 12.5 Å². The first-order chi connectivity index (χ1) is 10.0. The van der Waals surface area contributed by atoms with Gasteiger partial charge in [0.15, 0.2) is 0 Å². The van der Waals surface area contributed by atoms with Crippen molar-refractivity contribution < 1.29 is 4.79 Å². The van der Waals surface area contributed by atoms with E-state index in [0.717, 1.165) is 17.3 Å². The van der Waals surface area contributed by atoms with Crippen molar-refractivity contribution in [3.8, 4) is 0 Å². The van der Waals surface area contributed by atoms with Gasteiger partial charge in [-0.3, -0.25) is 9.59 Å². The van der Waals surface area contributed by atoms with Gasteiger partial charge in [0.2, 0.25) is 0 Å². The van der Waals surface area contributed by atoms with E-state index in [4.69, 9.17) is 5.73 Å². The van der Waals surface area contributed by atoms with Crippen LogP contribution in [0.5, 0.6) is 0 Å². The van der Waals surface area contributed by atoms with Crippen LogP contribution in [-0.2, 0) is 0 Å². The third kappa shape index (κ3) is 4.32. The summed E-state index contributed by atoms with van der Waals surface area (Å²) in [5, 5.41) is 3.66. The van der Waals surface area contributed by atoms with E-state index in [1.165, 1.54) is 0 Å². The first-order valence-electron chi connectivity index (χ1n) is 7.14. The normalized spacial score (nSPS) is 12.0. The SMILES string of the molecule is CC(C)CC(CN)NC(=O)c1cc2ccccc2[nH]c1=O.Cl. The van der Waals surface area contributed by atoms with E-state index in [9.17, 15) is 9.59 Å². The minimum absolute atomic E-state index is 0. The molecule has 0 fully saturated rings. The highest BCUT2D eigenvalue weighted by Crippen LogP contribution is 2.10. The maximum atomic E-state index is 12.3. The lowest BCUT2D eigenvalue weighted by molar-refractivity contribution is 0.0932. The van der Waals surface area contributed by atoms with Crippen LogP contribution in [-0.4, -0.2) is 23.5 Å². The number of hydrogen-bond donors (Lipinski definition) is 3. The van der Waals surface area contributed by atoms with Crippen molar-refractivity contribution in [1.29, 1.82) is 0 Å². The lowest BCUT2D eigenvalue weighted by atomic mass is 10.0. The van der Waals surface area contributed by atoms with Gasteiger partial charge in [-0.15, -0.1) is 12.4 Å². The molecule has 120 valence electrons. The lowest BCUT2D eigenvalue weighted by Gasteiger charge is -2.18. The maximum Gasteiger partial charge on any atom is 0.261 e. The number of hydrogen-bond acceptors (Lipinski definition) is 3. The molecule has 0 aliphatic heterocycles. The highest BCUT2D eigenvalue weighted by molar-refractivity contribution is 5.97. The van der Waals surface area contributed by atoms with Crippen molar-refractivity contribution in [2.75, 3.05) is 6.54 Å². The molecule has 0 bridgehead atoms. The Bertz CT molecular complexity index is 697. The summed E-state index contributed by atoms with van der Waals surface area (Å²) in [5.74, 6) is 0.0480. The Labute approximate surface area is 135 Å². The van der Waals surface area contributed by atoms with E-state index in [1.807, 2.05) is 18.2 Å². The molecule has 0 aliphatic carbocycles. The molecule has 1 aromatic carbocycles. The average molecular weight is 324 g/mol. The summed E-state index contributed by atoms with van der Waals surface area (Å²) in [6, 6.07) is 8.86. The third-order valence-corrected chi connectivity index (χ3v) is 3.37. The monoisotopic (exact) mass is 323 g/mol. The third-order valence-electron chi connectivity index (χ3n) is 3.37. The van der Waals surface area contributed by atoms with Crippen molar-refractivity contribution in [3.63, 3.8) is 0 Å². The number of carbonyl (C=O) groups is 1. The van der Waals surface area contributed by atoms with Gasteiger partial charge in [-0.1, -0.05) is 32.0 Å². The summed E-state index contributed by atoms with van der Waals surface area (Å²) < 4.78 is 0. The van der Waals surface area contributed by atoms with Gasteiger partial charge >= 0.3 is 0 Å². The van der Waals surface area contributed by atoms with E-state index < -0.39 is 0 Å². The molecule has 1 unspecified atom stereocenters. The second-order valence-electron chi connectivity index (χ2n) is 5.64. The number of amides is 1. The Morgan fingerprint density at radius 3 is 2.64 bits per heavy atom. The summed E-state index contributed by atoms with van der Waals surface area (Å²) in [6.07, 6.45) is 0.785. The molecule has 0 aliphatic rings. The predicted molar refractivity (Wildman–Crippen MR) is 91.6 cm³/mol. The molecule has 22 heavy (non-hydrogen) atoms. The molecule has 0 radical (unpaired) electrons. The van der Waals surface area contributed by atoms with Crippen LogP contribution in [0.25, 0.3) is 10.9 Å². The number of benzene rings is 1. The van der Waals surface area contributed by atoms with Gasteiger partial charge in [0.1, 0.15) is 5.56 Å². The first kappa shape index (κ1) is 18.2. The van der Waals surface area contributed by atoms with E-state index >= 15 is 0 Å². The number of rotatable bonds is 5. The molecular formula is C16H22ClN3O2. The molecule has 0 saturated heterocycles. The van der Waals surface area contributed by atoms with Crippen LogP contribution < -0.4 is 16.6 Å². The van der Waals surface area contributed by atoms with Gasteiger partial charge in [-0.05, 0) is 29.9 Å².